The van der Waals surface area contributed by atoms with Gasteiger partial charge in [-0.15, -0.1) is 0 Å². The van der Waals surface area contributed by atoms with E-state index in [1.54, 1.807) is 40.1 Å². The Morgan fingerprint density at radius 2 is 1.75 bits per heavy atom. The van der Waals surface area contributed by atoms with Gasteiger partial charge in [-0.2, -0.15) is 5.10 Å². The Kier molecular flexibility index (Phi) is 4.71. The van der Waals surface area contributed by atoms with Crippen molar-refractivity contribution in [3.63, 3.8) is 0 Å². The van der Waals surface area contributed by atoms with Gasteiger partial charge in [0, 0.05) is 42.6 Å². The molecule has 0 unspecified atom stereocenters. The number of carbonyl (C=O) groups excluding carboxylic acids is 2. The summed E-state index contributed by atoms with van der Waals surface area (Å²) in [5, 5.41) is 10.2. The fourth-order valence-electron chi connectivity index (χ4n) is 2.54. The van der Waals surface area contributed by atoms with Gasteiger partial charge in [-0.05, 0) is 37.3 Å². The third-order valence-electron chi connectivity index (χ3n) is 3.87. The zero-order valence-corrected chi connectivity index (χ0v) is 14.0. The summed E-state index contributed by atoms with van der Waals surface area (Å²) in [5.41, 5.74) is 1.95. The Hall–Kier alpha value is -2.54. The number of aromatic nitrogens is 2. The summed E-state index contributed by atoms with van der Waals surface area (Å²) in [6.45, 7) is 3.78. The Balaban J connectivity index is 1.53. The zero-order valence-electron chi connectivity index (χ0n) is 13.3. The summed E-state index contributed by atoms with van der Waals surface area (Å²) in [5.74, 6) is -0.114. The largest absolute Gasteiger partial charge is 0.334 e. The molecule has 8 heteroatoms. The smallest absolute Gasteiger partial charge is 0.321 e. The van der Waals surface area contributed by atoms with Gasteiger partial charge in [-0.25, -0.2) is 4.79 Å². The Labute approximate surface area is 144 Å². The van der Waals surface area contributed by atoms with Gasteiger partial charge in [0.25, 0.3) is 5.91 Å². The third-order valence-corrected chi connectivity index (χ3v) is 4.13. The number of H-pyrrole nitrogens is 1. The highest BCUT2D eigenvalue weighted by Crippen LogP contribution is 2.15. The highest BCUT2D eigenvalue weighted by Gasteiger charge is 2.26. The molecule has 3 rings (SSSR count). The first-order chi connectivity index (χ1) is 11.5. The number of amides is 3. The molecule has 24 heavy (non-hydrogen) atoms. The van der Waals surface area contributed by atoms with Crippen LogP contribution in [-0.2, 0) is 0 Å². The molecule has 1 aliphatic heterocycles. The Bertz CT molecular complexity index is 735. The van der Waals surface area contributed by atoms with Gasteiger partial charge >= 0.3 is 6.03 Å². The van der Waals surface area contributed by atoms with Crippen molar-refractivity contribution in [3.8, 4) is 0 Å². The molecule has 0 saturated carbocycles. The molecule has 1 aliphatic rings. The minimum atomic E-state index is -0.181. The molecule has 0 radical (unpaired) electrons. The second kappa shape index (κ2) is 6.92. The van der Waals surface area contributed by atoms with E-state index in [4.69, 9.17) is 11.6 Å². The molecule has 2 N–H and O–H groups in total. The summed E-state index contributed by atoms with van der Waals surface area (Å²) in [6, 6.07) is 8.49. The van der Waals surface area contributed by atoms with Gasteiger partial charge in [0.1, 0.15) is 5.69 Å². The molecule has 0 spiro atoms. The van der Waals surface area contributed by atoms with Crippen molar-refractivity contribution < 1.29 is 9.59 Å². The number of hydrogen-bond donors (Lipinski definition) is 2. The molecule has 1 aromatic carbocycles. The van der Waals surface area contributed by atoms with E-state index in [0.29, 0.717) is 42.6 Å². The second-order valence-corrected chi connectivity index (χ2v) is 6.09. The fraction of sp³-hybridized carbons (Fsp3) is 0.312. The molecular formula is C16H18ClN5O2. The number of carbonyl (C=O) groups is 2. The van der Waals surface area contributed by atoms with E-state index in [9.17, 15) is 9.59 Å². The predicted octanol–water partition coefficient (Wildman–Crippen LogP) is 2.36. The van der Waals surface area contributed by atoms with Crippen molar-refractivity contribution in [2.75, 3.05) is 31.5 Å². The molecule has 1 saturated heterocycles. The maximum absolute atomic E-state index is 12.3. The van der Waals surface area contributed by atoms with Gasteiger partial charge in [0.2, 0.25) is 0 Å². The first-order valence-electron chi connectivity index (χ1n) is 7.66. The predicted molar refractivity (Wildman–Crippen MR) is 91.3 cm³/mol. The van der Waals surface area contributed by atoms with Crippen molar-refractivity contribution in [2.24, 2.45) is 0 Å². The molecule has 2 heterocycles. The number of halogens is 1. The summed E-state index contributed by atoms with van der Waals surface area (Å²) >= 11 is 5.83. The van der Waals surface area contributed by atoms with Crippen molar-refractivity contribution in [3.05, 3.63) is 46.7 Å². The van der Waals surface area contributed by atoms with Crippen LogP contribution in [0.1, 0.15) is 16.2 Å². The lowest BCUT2D eigenvalue weighted by Gasteiger charge is -2.34. The Morgan fingerprint density at radius 3 is 2.33 bits per heavy atom. The first-order valence-corrected chi connectivity index (χ1v) is 8.03. The number of aromatic amines is 1. The van der Waals surface area contributed by atoms with Crippen LogP contribution in [0, 0.1) is 6.92 Å². The van der Waals surface area contributed by atoms with Crippen LogP contribution in [0.2, 0.25) is 5.02 Å². The number of hydrogen-bond acceptors (Lipinski definition) is 3. The molecule has 0 bridgehead atoms. The van der Waals surface area contributed by atoms with E-state index in [0.717, 1.165) is 5.69 Å². The van der Waals surface area contributed by atoms with Crippen LogP contribution in [0.3, 0.4) is 0 Å². The highest BCUT2D eigenvalue weighted by molar-refractivity contribution is 6.30. The lowest BCUT2D eigenvalue weighted by Crippen LogP contribution is -2.51. The standard InChI is InChI=1S/C16H18ClN5O2/c1-11-10-14(20-19-11)15(23)21-6-8-22(9-7-21)16(24)18-13-4-2-12(17)3-5-13/h2-5,10H,6-9H2,1H3,(H,18,24)(H,19,20). The van der Waals surface area contributed by atoms with E-state index >= 15 is 0 Å². The minimum absolute atomic E-state index is 0.114. The Morgan fingerprint density at radius 1 is 1.12 bits per heavy atom. The summed E-state index contributed by atoms with van der Waals surface area (Å²) in [6.07, 6.45) is 0. The van der Waals surface area contributed by atoms with Crippen LogP contribution in [-0.4, -0.2) is 58.1 Å². The fourth-order valence-corrected chi connectivity index (χ4v) is 2.66. The molecule has 0 atom stereocenters. The molecule has 7 nitrogen and oxygen atoms in total. The summed E-state index contributed by atoms with van der Waals surface area (Å²) < 4.78 is 0. The number of piperazine rings is 1. The number of nitrogens with one attached hydrogen (secondary N) is 2. The topological polar surface area (TPSA) is 81.3 Å². The molecule has 126 valence electrons. The van der Waals surface area contributed by atoms with Crippen molar-refractivity contribution in [1.29, 1.82) is 0 Å². The van der Waals surface area contributed by atoms with Gasteiger partial charge in [-0.3, -0.25) is 9.89 Å². The molecule has 0 aliphatic carbocycles. The average molecular weight is 348 g/mol. The maximum Gasteiger partial charge on any atom is 0.321 e. The van der Waals surface area contributed by atoms with Gasteiger partial charge < -0.3 is 15.1 Å². The van der Waals surface area contributed by atoms with Crippen molar-refractivity contribution in [1.82, 2.24) is 20.0 Å². The molecule has 1 fully saturated rings. The molecule has 3 amide bonds. The van der Waals surface area contributed by atoms with Gasteiger partial charge in [0.05, 0.1) is 0 Å². The van der Waals surface area contributed by atoms with Gasteiger partial charge in [0.15, 0.2) is 0 Å². The number of rotatable bonds is 2. The van der Waals surface area contributed by atoms with Crippen LogP contribution >= 0.6 is 11.6 Å². The maximum atomic E-state index is 12.3. The van der Waals surface area contributed by atoms with Gasteiger partial charge in [-0.1, -0.05) is 11.6 Å². The SMILES string of the molecule is Cc1cc(C(=O)N2CCN(C(=O)Nc3ccc(Cl)cc3)CC2)n[nH]1. The molecule has 2 aromatic rings. The van der Waals surface area contributed by atoms with Crippen LogP contribution in [0.15, 0.2) is 30.3 Å². The third kappa shape index (κ3) is 3.68. The number of urea groups is 1. The number of nitrogens with zero attached hydrogens (tertiary/aromatic N) is 3. The zero-order chi connectivity index (χ0) is 17.1. The number of aryl methyl sites for hydroxylation is 1. The molecule has 1 aromatic heterocycles. The second-order valence-electron chi connectivity index (χ2n) is 5.65. The van der Waals surface area contributed by atoms with Crippen molar-refractivity contribution in [2.45, 2.75) is 6.92 Å². The lowest BCUT2D eigenvalue weighted by molar-refractivity contribution is 0.0666. The first kappa shape index (κ1) is 16.3. The number of anilines is 1. The van der Waals surface area contributed by atoms with E-state index in [-0.39, 0.29) is 11.9 Å². The van der Waals surface area contributed by atoms with E-state index in [1.165, 1.54) is 0 Å². The van der Waals surface area contributed by atoms with E-state index < -0.39 is 0 Å². The van der Waals surface area contributed by atoms with Crippen LogP contribution in [0.4, 0.5) is 10.5 Å². The van der Waals surface area contributed by atoms with Crippen LogP contribution in [0.5, 0.6) is 0 Å². The van der Waals surface area contributed by atoms with Crippen molar-refractivity contribution >= 4 is 29.2 Å². The monoisotopic (exact) mass is 347 g/mol. The molecular weight excluding hydrogens is 330 g/mol. The van der Waals surface area contributed by atoms with Crippen LogP contribution < -0.4 is 5.32 Å². The summed E-state index contributed by atoms with van der Waals surface area (Å²) in [4.78, 5) is 28.0. The average Bonchev–Trinajstić information content (AvgIpc) is 3.03. The minimum Gasteiger partial charge on any atom is -0.334 e. The normalized spacial score (nSPS) is 14.6. The lowest BCUT2D eigenvalue weighted by atomic mass is 10.2. The van der Waals surface area contributed by atoms with E-state index in [2.05, 4.69) is 15.5 Å². The van der Waals surface area contributed by atoms with Crippen LogP contribution in [0.25, 0.3) is 0 Å². The quantitative estimate of drug-likeness (QED) is 0.875. The highest BCUT2D eigenvalue weighted by atomic mass is 35.5. The van der Waals surface area contributed by atoms with E-state index in [1.807, 2.05) is 6.92 Å². The summed E-state index contributed by atoms with van der Waals surface area (Å²) in [7, 11) is 0. The number of benzene rings is 1.